The van der Waals surface area contributed by atoms with Gasteiger partial charge in [0.2, 0.25) is 0 Å². The standard InChI is InChI=1S/C24H26N4O2/c1-17-22(18(2)30-27-17)16-28-15-21(14-25-28)26-24(29-3)23(19-10-6-4-7-11-19)20-12-8-5-9-13-20/h4-15,23-24,26H,16H2,1-3H3. The van der Waals surface area contributed by atoms with Crippen molar-refractivity contribution in [2.75, 3.05) is 12.4 Å². The zero-order chi connectivity index (χ0) is 20.9. The quantitative estimate of drug-likeness (QED) is 0.431. The molecule has 0 aliphatic rings. The van der Waals surface area contributed by atoms with Gasteiger partial charge in [-0.3, -0.25) is 4.68 Å². The highest BCUT2D eigenvalue weighted by atomic mass is 16.5. The lowest BCUT2D eigenvalue weighted by Gasteiger charge is -2.28. The summed E-state index contributed by atoms with van der Waals surface area (Å²) >= 11 is 0. The SMILES string of the molecule is COC(Nc1cnn(Cc2c(C)noc2C)c1)C(c1ccccc1)c1ccccc1. The maximum absolute atomic E-state index is 5.91. The van der Waals surface area contributed by atoms with Crippen molar-refractivity contribution in [1.29, 1.82) is 0 Å². The minimum absolute atomic E-state index is 0.0308. The minimum Gasteiger partial charge on any atom is -0.361 e. The predicted molar refractivity (Wildman–Crippen MR) is 116 cm³/mol. The van der Waals surface area contributed by atoms with Crippen LogP contribution >= 0.6 is 0 Å². The van der Waals surface area contributed by atoms with Crippen molar-refractivity contribution in [2.45, 2.75) is 32.5 Å². The molecule has 0 aliphatic heterocycles. The molecular weight excluding hydrogens is 376 g/mol. The van der Waals surface area contributed by atoms with Crippen LogP contribution in [0.1, 0.15) is 34.1 Å². The van der Waals surface area contributed by atoms with Gasteiger partial charge in [-0.05, 0) is 25.0 Å². The number of hydrogen-bond donors (Lipinski definition) is 1. The molecule has 6 heteroatoms. The second-order valence-corrected chi connectivity index (χ2v) is 7.33. The Hall–Kier alpha value is -3.38. The molecular formula is C24H26N4O2. The number of aryl methyl sites for hydroxylation is 2. The third-order valence-electron chi connectivity index (χ3n) is 5.32. The van der Waals surface area contributed by atoms with Gasteiger partial charge in [0.25, 0.3) is 0 Å². The van der Waals surface area contributed by atoms with Crippen molar-refractivity contribution in [3.8, 4) is 0 Å². The van der Waals surface area contributed by atoms with Crippen LogP contribution in [0.2, 0.25) is 0 Å². The van der Waals surface area contributed by atoms with Crippen molar-refractivity contribution in [3.05, 3.63) is 101 Å². The summed E-state index contributed by atoms with van der Waals surface area (Å²) in [6.07, 6.45) is 3.54. The van der Waals surface area contributed by atoms with Crippen LogP contribution in [0.5, 0.6) is 0 Å². The molecule has 154 valence electrons. The summed E-state index contributed by atoms with van der Waals surface area (Å²) < 4.78 is 13.0. The molecule has 2 heterocycles. The molecule has 1 atom stereocenters. The Bertz CT molecular complexity index is 1010. The van der Waals surface area contributed by atoms with E-state index in [1.54, 1.807) is 7.11 Å². The monoisotopic (exact) mass is 402 g/mol. The van der Waals surface area contributed by atoms with Gasteiger partial charge in [0.05, 0.1) is 30.0 Å². The van der Waals surface area contributed by atoms with E-state index < -0.39 is 0 Å². The highest BCUT2D eigenvalue weighted by Crippen LogP contribution is 2.30. The Morgan fingerprint density at radius 1 is 1.00 bits per heavy atom. The fourth-order valence-corrected chi connectivity index (χ4v) is 3.72. The van der Waals surface area contributed by atoms with E-state index in [1.807, 2.05) is 43.1 Å². The molecule has 1 N–H and O–H groups in total. The third kappa shape index (κ3) is 4.28. The van der Waals surface area contributed by atoms with E-state index in [0.717, 1.165) is 22.7 Å². The third-order valence-corrected chi connectivity index (χ3v) is 5.32. The Morgan fingerprint density at radius 3 is 2.17 bits per heavy atom. The fraction of sp³-hybridized carbons (Fsp3) is 0.250. The second-order valence-electron chi connectivity index (χ2n) is 7.33. The second kappa shape index (κ2) is 8.97. The molecule has 0 fully saturated rings. The van der Waals surface area contributed by atoms with Gasteiger partial charge in [-0.1, -0.05) is 65.8 Å². The van der Waals surface area contributed by atoms with Gasteiger partial charge >= 0.3 is 0 Å². The zero-order valence-corrected chi connectivity index (χ0v) is 17.4. The summed E-state index contributed by atoms with van der Waals surface area (Å²) in [5.74, 6) is 0.851. The molecule has 2 aromatic carbocycles. The zero-order valence-electron chi connectivity index (χ0n) is 17.4. The van der Waals surface area contributed by atoms with E-state index >= 15 is 0 Å². The van der Waals surface area contributed by atoms with E-state index in [2.05, 4.69) is 64.1 Å². The van der Waals surface area contributed by atoms with E-state index in [-0.39, 0.29) is 12.1 Å². The molecule has 0 amide bonds. The Morgan fingerprint density at radius 2 is 1.63 bits per heavy atom. The Balaban J connectivity index is 1.58. The average molecular weight is 402 g/mol. The summed E-state index contributed by atoms with van der Waals surface area (Å²) in [6.45, 7) is 4.48. The average Bonchev–Trinajstić information content (AvgIpc) is 3.36. The number of aromatic nitrogens is 3. The van der Waals surface area contributed by atoms with Crippen molar-refractivity contribution >= 4 is 5.69 Å². The van der Waals surface area contributed by atoms with Crippen LogP contribution in [0.25, 0.3) is 0 Å². The molecule has 0 bridgehead atoms. The molecule has 1 unspecified atom stereocenters. The number of nitrogens with one attached hydrogen (secondary N) is 1. The van der Waals surface area contributed by atoms with Crippen molar-refractivity contribution in [1.82, 2.24) is 14.9 Å². The van der Waals surface area contributed by atoms with Crippen molar-refractivity contribution in [2.24, 2.45) is 0 Å². The minimum atomic E-state index is -0.258. The van der Waals surface area contributed by atoms with Crippen LogP contribution < -0.4 is 5.32 Å². The van der Waals surface area contributed by atoms with Crippen molar-refractivity contribution in [3.63, 3.8) is 0 Å². The van der Waals surface area contributed by atoms with E-state index in [0.29, 0.717) is 6.54 Å². The summed E-state index contributed by atoms with van der Waals surface area (Å²) in [7, 11) is 1.73. The Labute approximate surface area is 176 Å². The number of benzene rings is 2. The fourth-order valence-electron chi connectivity index (χ4n) is 3.72. The lowest BCUT2D eigenvalue weighted by Crippen LogP contribution is -2.30. The predicted octanol–water partition coefficient (Wildman–Crippen LogP) is 4.75. The van der Waals surface area contributed by atoms with Gasteiger partial charge in [-0.15, -0.1) is 0 Å². The first-order valence-electron chi connectivity index (χ1n) is 9.99. The number of anilines is 1. The van der Waals surface area contributed by atoms with Gasteiger partial charge in [-0.25, -0.2) is 0 Å². The first-order valence-corrected chi connectivity index (χ1v) is 9.99. The molecule has 0 aliphatic carbocycles. The van der Waals surface area contributed by atoms with Crippen LogP contribution in [-0.2, 0) is 11.3 Å². The number of methoxy groups -OCH3 is 1. The number of rotatable bonds is 8. The molecule has 30 heavy (non-hydrogen) atoms. The van der Waals surface area contributed by atoms with Gasteiger partial charge in [-0.2, -0.15) is 5.10 Å². The van der Waals surface area contributed by atoms with E-state index in [1.165, 1.54) is 11.1 Å². The normalized spacial score (nSPS) is 12.3. The highest BCUT2D eigenvalue weighted by Gasteiger charge is 2.25. The van der Waals surface area contributed by atoms with Gasteiger partial charge in [0.15, 0.2) is 0 Å². The first kappa shape index (κ1) is 19.9. The number of nitrogens with zero attached hydrogens (tertiary/aromatic N) is 3. The van der Waals surface area contributed by atoms with E-state index in [9.17, 15) is 0 Å². The van der Waals surface area contributed by atoms with Crippen LogP contribution in [0.15, 0.2) is 77.6 Å². The smallest absolute Gasteiger partial charge is 0.138 e. The summed E-state index contributed by atoms with van der Waals surface area (Å²) in [5.41, 5.74) is 5.21. The molecule has 0 saturated heterocycles. The lowest BCUT2D eigenvalue weighted by atomic mass is 9.89. The van der Waals surface area contributed by atoms with E-state index in [4.69, 9.17) is 9.26 Å². The number of hydrogen-bond acceptors (Lipinski definition) is 5. The first-order chi connectivity index (χ1) is 14.7. The van der Waals surface area contributed by atoms with Gasteiger partial charge < -0.3 is 14.6 Å². The lowest BCUT2D eigenvalue weighted by molar-refractivity contribution is 0.112. The van der Waals surface area contributed by atoms with Crippen LogP contribution in [0.4, 0.5) is 5.69 Å². The van der Waals surface area contributed by atoms with Crippen LogP contribution in [0.3, 0.4) is 0 Å². The maximum atomic E-state index is 5.91. The molecule has 0 spiro atoms. The largest absolute Gasteiger partial charge is 0.361 e. The maximum Gasteiger partial charge on any atom is 0.138 e. The topological polar surface area (TPSA) is 65.1 Å². The number of ether oxygens (including phenoxy) is 1. The van der Waals surface area contributed by atoms with Gasteiger partial charge in [0.1, 0.15) is 12.0 Å². The molecule has 0 radical (unpaired) electrons. The van der Waals surface area contributed by atoms with Crippen molar-refractivity contribution < 1.29 is 9.26 Å². The van der Waals surface area contributed by atoms with Crippen LogP contribution in [-0.4, -0.2) is 28.3 Å². The Kier molecular flexibility index (Phi) is 5.95. The van der Waals surface area contributed by atoms with Crippen LogP contribution in [0, 0.1) is 13.8 Å². The molecule has 4 aromatic rings. The molecule has 2 aromatic heterocycles. The molecule has 0 saturated carbocycles. The molecule has 6 nitrogen and oxygen atoms in total. The molecule has 4 rings (SSSR count). The summed E-state index contributed by atoms with van der Waals surface area (Å²) in [6, 6.07) is 20.8. The highest BCUT2D eigenvalue weighted by molar-refractivity contribution is 5.43. The summed E-state index contributed by atoms with van der Waals surface area (Å²) in [5, 5.41) is 12.0. The summed E-state index contributed by atoms with van der Waals surface area (Å²) in [4.78, 5) is 0. The van der Waals surface area contributed by atoms with Gasteiger partial charge in [0, 0.05) is 18.9 Å².